The zero-order valence-electron chi connectivity index (χ0n) is 13.7. The molecule has 1 saturated heterocycles. The van der Waals surface area contributed by atoms with Crippen LogP contribution in [0.1, 0.15) is 12.8 Å². The number of nitrogens with zero attached hydrogens (tertiary/aromatic N) is 2. The number of H-pyrrole nitrogens is 1. The van der Waals surface area contributed by atoms with Crippen LogP contribution >= 0.6 is 0 Å². The van der Waals surface area contributed by atoms with E-state index in [9.17, 15) is 4.39 Å². The summed E-state index contributed by atoms with van der Waals surface area (Å²) in [5, 5.41) is 4.23. The van der Waals surface area contributed by atoms with E-state index in [-0.39, 0.29) is 5.82 Å². The van der Waals surface area contributed by atoms with Gasteiger partial charge in [-0.25, -0.2) is 9.37 Å². The molecule has 0 radical (unpaired) electrons. The lowest BCUT2D eigenvalue weighted by molar-refractivity contribution is 0.441. The van der Waals surface area contributed by atoms with Crippen molar-refractivity contribution in [2.24, 2.45) is 0 Å². The average Bonchev–Trinajstić information content (AvgIpc) is 3.05. The number of hydrogen-bond acceptors (Lipinski definition) is 3. The number of piperidine rings is 1. The summed E-state index contributed by atoms with van der Waals surface area (Å²) in [6.07, 6.45) is 6.08. The first kappa shape index (κ1) is 15.1. The zero-order valence-corrected chi connectivity index (χ0v) is 13.7. The summed E-state index contributed by atoms with van der Waals surface area (Å²) >= 11 is 0. The third-order valence-corrected chi connectivity index (χ3v) is 4.93. The van der Waals surface area contributed by atoms with E-state index >= 15 is 0 Å². The van der Waals surface area contributed by atoms with Crippen LogP contribution in [0.25, 0.3) is 22.0 Å². The van der Waals surface area contributed by atoms with Crippen LogP contribution in [0.2, 0.25) is 0 Å². The Morgan fingerprint density at radius 3 is 2.75 bits per heavy atom. The van der Waals surface area contributed by atoms with Gasteiger partial charge in [0, 0.05) is 53.6 Å². The predicted molar refractivity (Wildman–Crippen MR) is 95.8 cm³/mol. The quantitative estimate of drug-likeness (QED) is 0.774. The molecule has 1 aliphatic rings. The van der Waals surface area contributed by atoms with E-state index in [1.54, 1.807) is 12.1 Å². The van der Waals surface area contributed by atoms with Crippen LogP contribution in [0, 0.1) is 5.82 Å². The molecule has 24 heavy (non-hydrogen) atoms. The van der Waals surface area contributed by atoms with Crippen molar-refractivity contribution in [1.29, 1.82) is 0 Å². The number of rotatable bonds is 3. The lowest BCUT2D eigenvalue weighted by Crippen LogP contribution is -2.41. The summed E-state index contributed by atoms with van der Waals surface area (Å²) in [5.74, 6) is 0.791. The maximum atomic E-state index is 13.5. The van der Waals surface area contributed by atoms with Gasteiger partial charge in [-0.1, -0.05) is 0 Å². The fourth-order valence-corrected chi connectivity index (χ4v) is 3.46. The SMILES string of the molecule is CNC1CCN(c2ccc(-c3c[nH]c4ccc(F)cc34)cn2)CC1. The number of halogens is 1. The van der Waals surface area contributed by atoms with Crippen molar-refractivity contribution in [2.75, 3.05) is 25.0 Å². The molecule has 2 aromatic heterocycles. The number of hydrogen-bond donors (Lipinski definition) is 2. The number of benzene rings is 1. The molecule has 0 bridgehead atoms. The van der Waals surface area contributed by atoms with Gasteiger partial charge in [0.25, 0.3) is 0 Å². The van der Waals surface area contributed by atoms with Crippen molar-refractivity contribution in [2.45, 2.75) is 18.9 Å². The van der Waals surface area contributed by atoms with Gasteiger partial charge in [0.1, 0.15) is 11.6 Å². The van der Waals surface area contributed by atoms with Gasteiger partial charge in [-0.05, 0) is 50.2 Å². The van der Waals surface area contributed by atoms with E-state index in [2.05, 4.69) is 32.3 Å². The van der Waals surface area contributed by atoms with Crippen LogP contribution < -0.4 is 10.2 Å². The standard InChI is InChI=1S/C19H21FN4/c1-21-15-6-8-24(9-7-15)19-5-2-13(11-23-19)17-12-22-18-4-3-14(20)10-16(17)18/h2-5,10-12,15,21-22H,6-9H2,1H3. The summed E-state index contributed by atoms with van der Waals surface area (Å²) in [5.41, 5.74) is 2.92. The smallest absolute Gasteiger partial charge is 0.128 e. The topological polar surface area (TPSA) is 44.0 Å². The third kappa shape index (κ3) is 2.76. The molecule has 3 heterocycles. The Balaban J connectivity index is 1.58. The highest BCUT2D eigenvalue weighted by atomic mass is 19.1. The van der Waals surface area contributed by atoms with Gasteiger partial charge in [0.05, 0.1) is 0 Å². The fraction of sp³-hybridized carbons (Fsp3) is 0.316. The monoisotopic (exact) mass is 324 g/mol. The number of aromatic amines is 1. The first-order valence-electron chi connectivity index (χ1n) is 8.40. The highest BCUT2D eigenvalue weighted by Gasteiger charge is 2.18. The van der Waals surface area contributed by atoms with E-state index < -0.39 is 0 Å². The number of pyridine rings is 1. The van der Waals surface area contributed by atoms with Crippen LogP contribution in [0.5, 0.6) is 0 Å². The molecule has 0 amide bonds. The van der Waals surface area contributed by atoms with Crippen LogP contribution in [0.3, 0.4) is 0 Å². The van der Waals surface area contributed by atoms with Crippen molar-refractivity contribution in [3.05, 3.63) is 48.5 Å². The van der Waals surface area contributed by atoms with Crippen molar-refractivity contribution >= 4 is 16.7 Å². The Morgan fingerprint density at radius 1 is 1.21 bits per heavy atom. The lowest BCUT2D eigenvalue weighted by atomic mass is 10.0. The number of fused-ring (bicyclic) bond motifs is 1. The second kappa shape index (κ2) is 6.24. The first-order valence-corrected chi connectivity index (χ1v) is 8.40. The minimum Gasteiger partial charge on any atom is -0.361 e. The summed E-state index contributed by atoms with van der Waals surface area (Å²) in [4.78, 5) is 10.2. The number of anilines is 1. The van der Waals surface area contributed by atoms with Crippen molar-refractivity contribution in [3.8, 4) is 11.1 Å². The highest BCUT2D eigenvalue weighted by molar-refractivity contribution is 5.95. The number of nitrogens with one attached hydrogen (secondary N) is 2. The van der Waals surface area contributed by atoms with Gasteiger partial charge in [0.15, 0.2) is 0 Å². The molecule has 1 aromatic carbocycles. The van der Waals surface area contributed by atoms with Crippen molar-refractivity contribution in [3.63, 3.8) is 0 Å². The molecule has 0 saturated carbocycles. The Hall–Kier alpha value is -2.40. The van der Waals surface area contributed by atoms with E-state index in [1.165, 1.54) is 6.07 Å². The van der Waals surface area contributed by atoms with Gasteiger partial charge in [-0.3, -0.25) is 0 Å². The molecule has 0 spiro atoms. The molecular formula is C19H21FN4. The van der Waals surface area contributed by atoms with Crippen LogP contribution in [0.4, 0.5) is 10.2 Å². The first-order chi connectivity index (χ1) is 11.7. The molecule has 1 fully saturated rings. The molecular weight excluding hydrogens is 303 g/mol. The molecule has 4 rings (SSSR count). The molecule has 0 aliphatic carbocycles. The Kier molecular flexibility index (Phi) is 3.94. The van der Waals surface area contributed by atoms with E-state index in [0.29, 0.717) is 6.04 Å². The summed E-state index contributed by atoms with van der Waals surface area (Å²) in [6.45, 7) is 2.05. The second-order valence-corrected chi connectivity index (χ2v) is 6.35. The minimum atomic E-state index is -0.222. The molecule has 2 N–H and O–H groups in total. The third-order valence-electron chi connectivity index (χ3n) is 4.93. The Labute approximate surface area is 140 Å². The van der Waals surface area contributed by atoms with Crippen molar-refractivity contribution in [1.82, 2.24) is 15.3 Å². The normalized spacial score (nSPS) is 16.0. The molecule has 0 unspecified atom stereocenters. The van der Waals surface area contributed by atoms with Gasteiger partial charge in [-0.15, -0.1) is 0 Å². The van der Waals surface area contributed by atoms with Crippen molar-refractivity contribution < 1.29 is 4.39 Å². The summed E-state index contributed by atoms with van der Waals surface area (Å²) in [6, 6.07) is 9.55. The Morgan fingerprint density at radius 2 is 2.04 bits per heavy atom. The number of aromatic nitrogens is 2. The van der Waals surface area contributed by atoms with Gasteiger partial charge in [0.2, 0.25) is 0 Å². The lowest BCUT2D eigenvalue weighted by Gasteiger charge is -2.32. The zero-order chi connectivity index (χ0) is 16.5. The predicted octanol–water partition coefficient (Wildman–Crippen LogP) is 3.56. The molecule has 4 nitrogen and oxygen atoms in total. The van der Waals surface area contributed by atoms with Gasteiger partial charge < -0.3 is 15.2 Å². The molecule has 1 aliphatic heterocycles. The van der Waals surface area contributed by atoms with Crippen LogP contribution in [-0.2, 0) is 0 Å². The largest absolute Gasteiger partial charge is 0.361 e. The minimum absolute atomic E-state index is 0.222. The second-order valence-electron chi connectivity index (χ2n) is 6.35. The van der Waals surface area contributed by atoms with Crippen LogP contribution in [0.15, 0.2) is 42.7 Å². The average molecular weight is 324 g/mol. The molecule has 5 heteroatoms. The van der Waals surface area contributed by atoms with E-state index in [0.717, 1.165) is 53.8 Å². The van der Waals surface area contributed by atoms with Gasteiger partial charge >= 0.3 is 0 Å². The van der Waals surface area contributed by atoms with E-state index in [4.69, 9.17) is 0 Å². The fourth-order valence-electron chi connectivity index (χ4n) is 3.46. The molecule has 124 valence electrons. The summed E-state index contributed by atoms with van der Waals surface area (Å²) in [7, 11) is 2.03. The highest BCUT2D eigenvalue weighted by Crippen LogP contribution is 2.30. The maximum absolute atomic E-state index is 13.5. The summed E-state index contributed by atoms with van der Waals surface area (Å²) < 4.78 is 13.5. The maximum Gasteiger partial charge on any atom is 0.128 e. The van der Waals surface area contributed by atoms with Crippen LogP contribution in [-0.4, -0.2) is 36.1 Å². The van der Waals surface area contributed by atoms with E-state index in [1.807, 2.05) is 19.4 Å². The molecule has 0 atom stereocenters. The van der Waals surface area contributed by atoms with Gasteiger partial charge in [-0.2, -0.15) is 0 Å². The Bertz CT molecular complexity index is 832. The molecule has 3 aromatic rings.